The Morgan fingerprint density at radius 3 is 2.55 bits per heavy atom. The molecule has 160 valence electrons. The number of fused-ring (bicyclic) bond motifs is 1. The topological polar surface area (TPSA) is 66.2 Å². The second-order valence-electron chi connectivity index (χ2n) is 10.2. The molecule has 5 heteroatoms. The SMILES string of the molecule is Cc1nc(CCCC2CC[C@@H](O)[C@@H](O)C2)c2cc(C3CCC(C)(C)CC3)sc2n1. The van der Waals surface area contributed by atoms with Crippen molar-refractivity contribution in [1.82, 2.24) is 9.97 Å². The minimum atomic E-state index is -0.540. The van der Waals surface area contributed by atoms with Crippen molar-refractivity contribution in [3.05, 3.63) is 22.5 Å². The van der Waals surface area contributed by atoms with Gasteiger partial charge in [0.15, 0.2) is 0 Å². The molecule has 2 N–H and O–H groups in total. The summed E-state index contributed by atoms with van der Waals surface area (Å²) in [6, 6.07) is 2.39. The molecule has 0 aliphatic heterocycles. The zero-order chi connectivity index (χ0) is 20.6. The third kappa shape index (κ3) is 5.00. The number of thiophene rings is 1. The van der Waals surface area contributed by atoms with Crippen molar-refractivity contribution in [3.63, 3.8) is 0 Å². The molecule has 2 aliphatic rings. The van der Waals surface area contributed by atoms with Gasteiger partial charge >= 0.3 is 0 Å². The molecular formula is C24H36N2O2S. The molecule has 0 saturated heterocycles. The highest BCUT2D eigenvalue weighted by Gasteiger charge is 2.29. The fraction of sp³-hybridized carbons (Fsp3) is 0.750. The first-order valence-electron chi connectivity index (χ1n) is 11.4. The number of aliphatic hydroxyl groups is 2. The van der Waals surface area contributed by atoms with E-state index in [0.717, 1.165) is 49.2 Å². The molecule has 2 aromatic rings. The van der Waals surface area contributed by atoms with E-state index in [1.54, 1.807) is 0 Å². The van der Waals surface area contributed by atoms with Crippen LogP contribution in [-0.4, -0.2) is 32.4 Å². The van der Waals surface area contributed by atoms with Gasteiger partial charge in [0.25, 0.3) is 0 Å². The van der Waals surface area contributed by atoms with Crippen LogP contribution in [0.1, 0.15) is 93.9 Å². The van der Waals surface area contributed by atoms with Gasteiger partial charge in [-0.1, -0.05) is 13.8 Å². The molecule has 4 nitrogen and oxygen atoms in total. The standard InChI is InChI=1S/C24H36N2O2S/c1-15-25-19(6-4-5-16-7-8-20(27)21(28)13-16)18-14-22(29-23(18)26-15)17-9-11-24(2,3)12-10-17/h14,16-17,20-21,27-28H,4-13H2,1-3H3/t16?,20-,21+/m1/s1. The van der Waals surface area contributed by atoms with Gasteiger partial charge in [-0.05, 0) is 94.4 Å². The highest BCUT2D eigenvalue weighted by atomic mass is 32.1. The van der Waals surface area contributed by atoms with Crippen LogP contribution < -0.4 is 0 Å². The zero-order valence-electron chi connectivity index (χ0n) is 18.2. The average molecular weight is 417 g/mol. The molecule has 29 heavy (non-hydrogen) atoms. The van der Waals surface area contributed by atoms with Crippen LogP contribution in [0, 0.1) is 18.3 Å². The van der Waals surface area contributed by atoms with Crippen molar-refractivity contribution in [2.45, 2.75) is 103 Å². The molecule has 1 unspecified atom stereocenters. The number of nitrogens with zero attached hydrogens (tertiary/aromatic N) is 2. The molecule has 2 saturated carbocycles. The van der Waals surface area contributed by atoms with Crippen LogP contribution in [0.25, 0.3) is 10.2 Å². The number of rotatable bonds is 5. The largest absolute Gasteiger partial charge is 0.390 e. The highest BCUT2D eigenvalue weighted by Crippen LogP contribution is 2.45. The van der Waals surface area contributed by atoms with Crippen LogP contribution in [0.4, 0.5) is 0 Å². The Morgan fingerprint density at radius 2 is 1.83 bits per heavy atom. The molecule has 0 aromatic carbocycles. The number of hydrogen-bond acceptors (Lipinski definition) is 5. The lowest BCUT2D eigenvalue weighted by Gasteiger charge is -2.33. The van der Waals surface area contributed by atoms with Crippen molar-refractivity contribution in [3.8, 4) is 0 Å². The van der Waals surface area contributed by atoms with E-state index in [1.807, 2.05) is 18.3 Å². The van der Waals surface area contributed by atoms with E-state index in [2.05, 4.69) is 19.9 Å². The maximum Gasteiger partial charge on any atom is 0.127 e. The van der Waals surface area contributed by atoms with Gasteiger partial charge in [0.1, 0.15) is 10.7 Å². The first-order chi connectivity index (χ1) is 13.8. The molecular weight excluding hydrogens is 380 g/mol. The van der Waals surface area contributed by atoms with Gasteiger partial charge in [-0.25, -0.2) is 9.97 Å². The van der Waals surface area contributed by atoms with Gasteiger partial charge in [0.2, 0.25) is 0 Å². The summed E-state index contributed by atoms with van der Waals surface area (Å²) in [4.78, 5) is 12.2. The molecule has 0 amide bonds. The predicted octanol–water partition coefficient (Wildman–Crippen LogP) is 5.53. The number of hydrogen-bond donors (Lipinski definition) is 2. The fourth-order valence-corrected chi connectivity index (χ4v) is 6.50. The Kier molecular flexibility index (Phi) is 6.29. The Bertz CT molecular complexity index is 837. The molecule has 2 aromatic heterocycles. The minimum absolute atomic E-state index is 0.497. The molecule has 0 bridgehead atoms. The monoisotopic (exact) mass is 416 g/mol. The van der Waals surface area contributed by atoms with Crippen molar-refractivity contribution in [2.24, 2.45) is 11.3 Å². The third-order valence-electron chi connectivity index (χ3n) is 7.26. The lowest BCUT2D eigenvalue weighted by Crippen LogP contribution is -2.33. The first-order valence-corrected chi connectivity index (χ1v) is 12.3. The number of aryl methyl sites for hydroxylation is 2. The van der Waals surface area contributed by atoms with Crippen LogP contribution in [0.3, 0.4) is 0 Å². The Morgan fingerprint density at radius 1 is 1.07 bits per heavy atom. The predicted molar refractivity (Wildman–Crippen MR) is 119 cm³/mol. The Hall–Kier alpha value is -1.04. The van der Waals surface area contributed by atoms with E-state index in [9.17, 15) is 10.2 Å². The molecule has 4 rings (SSSR count). The normalized spacial score (nSPS) is 28.1. The van der Waals surface area contributed by atoms with E-state index in [0.29, 0.717) is 17.3 Å². The Labute approximate surface area is 178 Å². The average Bonchev–Trinajstić information content (AvgIpc) is 3.08. The van der Waals surface area contributed by atoms with Crippen molar-refractivity contribution >= 4 is 21.6 Å². The van der Waals surface area contributed by atoms with Crippen LogP contribution >= 0.6 is 11.3 Å². The van der Waals surface area contributed by atoms with Crippen molar-refractivity contribution in [2.75, 3.05) is 0 Å². The molecule has 3 atom stereocenters. The summed E-state index contributed by atoms with van der Waals surface area (Å²) in [5.41, 5.74) is 1.69. The van der Waals surface area contributed by atoms with E-state index in [4.69, 9.17) is 9.97 Å². The molecule has 0 spiro atoms. The summed E-state index contributed by atoms with van der Waals surface area (Å²) in [6.07, 6.45) is 9.79. The van der Waals surface area contributed by atoms with Crippen LogP contribution in [0.5, 0.6) is 0 Å². The van der Waals surface area contributed by atoms with Crippen LogP contribution in [0.2, 0.25) is 0 Å². The summed E-state index contributed by atoms with van der Waals surface area (Å²) < 4.78 is 0. The second-order valence-corrected chi connectivity index (χ2v) is 11.3. The first kappa shape index (κ1) is 21.2. The number of aromatic nitrogens is 2. The maximum absolute atomic E-state index is 9.93. The fourth-order valence-electron chi connectivity index (χ4n) is 5.23. The van der Waals surface area contributed by atoms with Gasteiger partial charge in [0.05, 0.1) is 17.9 Å². The quantitative estimate of drug-likeness (QED) is 0.673. The smallest absolute Gasteiger partial charge is 0.127 e. The molecule has 2 heterocycles. The van der Waals surface area contributed by atoms with Gasteiger partial charge in [-0.15, -0.1) is 11.3 Å². The highest BCUT2D eigenvalue weighted by molar-refractivity contribution is 7.18. The summed E-state index contributed by atoms with van der Waals surface area (Å²) in [5, 5.41) is 20.9. The van der Waals surface area contributed by atoms with Gasteiger partial charge < -0.3 is 10.2 Å². The summed E-state index contributed by atoms with van der Waals surface area (Å²) in [5.74, 6) is 2.09. The minimum Gasteiger partial charge on any atom is -0.390 e. The van der Waals surface area contributed by atoms with E-state index in [1.165, 1.54) is 41.6 Å². The van der Waals surface area contributed by atoms with E-state index < -0.39 is 12.2 Å². The van der Waals surface area contributed by atoms with Crippen LogP contribution in [0.15, 0.2) is 6.07 Å². The van der Waals surface area contributed by atoms with Gasteiger partial charge in [-0.3, -0.25) is 0 Å². The van der Waals surface area contributed by atoms with Gasteiger partial charge in [0, 0.05) is 10.3 Å². The van der Waals surface area contributed by atoms with Crippen LogP contribution in [-0.2, 0) is 6.42 Å². The molecule has 2 aliphatic carbocycles. The van der Waals surface area contributed by atoms with E-state index >= 15 is 0 Å². The molecule has 0 radical (unpaired) electrons. The van der Waals surface area contributed by atoms with Crippen molar-refractivity contribution in [1.29, 1.82) is 0 Å². The lowest BCUT2D eigenvalue weighted by molar-refractivity contribution is -0.0266. The van der Waals surface area contributed by atoms with Gasteiger partial charge in [-0.2, -0.15) is 0 Å². The lowest BCUT2D eigenvalue weighted by atomic mass is 9.73. The van der Waals surface area contributed by atoms with Crippen molar-refractivity contribution < 1.29 is 10.2 Å². The second kappa shape index (κ2) is 8.60. The number of aliphatic hydroxyl groups excluding tert-OH is 2. The third-order valence-corrected chi connectivity index (χ3v) is 8.45. The zero-order valence-corrected chi connectivity index (χ0v) is 19.0. The summed E-state index contributed by atoms with van der Waals surface area (Å²) in [6.45, 7) is 6.80. The Balaban J connectivity index is 1.43. The maximum atomic E-state index is 9.93. The van der Waals surface area contributed by atoms with E-state index in [-0.39, 0.29) is 0 Å². The molecule has 2 fully saturated rings. The summed E-state index contributed by atoms with van der Waals surface area (Å²) in [7, 11) is 0. The summed E-state index contributed by atoms with van der Waals surface area (Å²) >= 11 is 1.88.